The molecule has 0 amide bonds. The molecule has 0 spiro atoms. The number of aliphatic hydroxyl groups excluding tert-OH is 3. The van der Waals surface area contributed by atoms with Crippen molar-refractivity contribution in [3.8, 4) is 40.3 Å². The van der Waals surface area contributed by atoms with Crippen LogP contribution in [-0.4, -0.2) is 68.8 Å². The molecule has 11 nitrogen and oxygen atoms in total. The van der Waals surface area contributed by atoms with E-state index in [1.54, 1.807) is 19.2 Å². The van der Waals surface area contributed by atoms with Gasteiger partial charge >= 0.3 is 0 Å². The summed E-state index contributed by atoms with van der Waals surface area (Å²) in [6, 6.07) is 17.0. The number of fused-ring (bicyclic) bond motifs is 2. The molecule has 3 atom stereocenters. The number of aliphatic hydroxyl groups is 3. The number of benzene rings is 2. The molecule has 7 rings (SSSR count). The molecule has 1 saturated heterocycles. The van der Waals surface area contributed by atoms with Gasteiger partial charge in [0.2, 0.25) is 11.8 Å². The Balaban J connectivity index is 1.19. The number of furan rings is 1. The van der Waals surface area contributed by atoms with Crippen molar-refractivity contribution in [3.05, 3.63) is 97.4 Å². The molecule has 50 heavy (non-hydrogen) atoms. The lowest BCUT2D eigenvalue weighted by Gasteiger charge is -2.20. The molecule has 2 aliphatic rings. The fourth-order valence-corrected chi connectivity index (χ4v) is 7.47. The molecular formula is C37H34Cl2N4O7. The molecule has 258 valence electrons. The van der Waals surface area contributed by atoms with Gasteiger partial charge < -0.3 is 33.8 Å². The van der Waals surface area contributed by atoms with Gasteiger partial charge in [-0.25, -0.2) is 0 Å². The maximum absolute atomic E-state index is 13.2. The highest BCUT2D eigenvalue weighted by molar-refractivity contribution is 6.36. The van der Waals surface area contributed by atoms with Crippen molar-refractivity contribution in [3.63, 3.8) is 0 Å². The normalized spacial score (nSPS) is 17.9. The number of methoxy groups -OCH3 is 1. The van der Waals surface area contributed by atoms with Gasteiger partial charge in [-0.15, -0.1) is 0 Å². The molecule has 0 bridgehead atoms. The summed E-state index contributed by atoms with van der Waals surface area (Å²) in [5, 5.41) is 39.8. The SMILES string of the molecule is COc1nc(O[C@H]2CCc3c(-c4cccc(-c5cc6c(=O)n(CC(O)CO)cc(C#N)c6o5)c4Cl)cccc32)c(Cl)cc1CN1CC[C@@H](O)C1. The summed E-state index contributed by atoms with van der Waals surface area (Å²) in [6.07, 6.45) is 1.64. The minimum absolute atomic E-state index is 0.114. The molecule has 0 saturated carbocycles. The van der Waals surface area contributed by atoms with Crippen molar-refractivity contribution in [1.82, 2.24) is 14.5 Å². The maximum atomic E-state index is 13.2. The minimum Gasteiger partial charge on any atom is -0.481 e. The Labute approximate surface area is 297 Å². The van der Waals surface area contributed by atoms with E-state index in [0.717, 1.165) is 47.2 Å². The Bertz CT molecular complexity index is 2190. The molecule has 1 aliphatic heterocycles. The molecule has 3 aromatic heterocycles. The Hall–Kier alpha value is -4.41. The number of β-amino-alcohol motifs (C(OH)–C–C–N with tert-alkyl or cyclic N) is 1. The van der Waals surface area contributed by atoms with E-state index in [1.807, 2.05) is 36.4 Å². The highest BCUT2D eigenvalue weighted by Gasteiger charge is 2.30. The number of hydrogen-bond acceptors (Lipinski definition) is 10. The maximum Gasteiger partial charge on any atom is 0.261 e. The molecule has 13 heteroatoms. The zero-order chi connectivity index (χ0) is 35.1. The van der Waals surface area contributed by atoms with Gasteiger partial charge in [-0.1, -0.05) is 53.5 Å². The van der Waals surface area contributed by atoms with E-state index in [9.17, 15) is 25.4 Å². The van der Waals surface area contributed by atoms with Crippen molar-refractivity contribution in [2.24, 2.45) is 0 Å². The van der Waals surface area contributed by atoms with Gasteiger partial charge in [0.25, 0.3) is 5.56 Å². The summed E-state index contributed by atoms with van der Waals surface area (Å²) in [7, 11) is 1.56. The van der Waals surface area contributed by atoms with Crippen LogP contribution < -0.4 is 15.0 Å². The Morgan fingerprint density at radius 3 is 2.64 bits per heavy atom. The van der Waals surface area contributed by atoms with E-state index in [0.29, 0.717) is 46.8 Å². The molecule has 5 aromatic rings. The van der Waals surface area contributed by atoms with E-state index in [2.05, 4.69) is 16.0 Å². The molecule has 3 N–H and O–H groups in total. The first kappa shape index (κ1) is 34.1. The van der Waals surface area contributed by atoms with Gasteiger partial charge in [-0.05, 0) is 54.2 Å². The predicted molar refractivity (Wildman–Crippen MR) is 188 cm³/mol. The van der Waals surface area contributed by atoms with Crippen molar-refractivity contribution in [2.45, 2.75) is 50.7 Å². The monoisotopic (exact) mass is 716 g/mol. The third kappa shape index (κ3) is 6.35. The minimum atomic E-state index is -1.16. The molecule has 4 heterocycles. The highest BCUT2D eigenvalue weighted by atomic mass is 35.5. The van der Waals surface area contributed by atoms with Crippen molar-refractivity contribution in [2.75, 3.05) is 26.8 Å². The standard InChI is InChI=1S/C37H34Cl2N4O7/c1-48-35-20(15-42-11-10-22(45)17-42)12-30(38)36(41-35)50-31-9-8-25-24(4-2-5-26(25)31)27-6-3-7-28(33(27)39)32-13-29-34(49-32)21(14-40)16-43(37(29)47)18-23(46)19-44/h2-7,12-13,16,22-23,31,44-46H,8-11,15,17-19H2,1H3/t22-,23?,31+/m1/s1. The second-order valence-corrected chi connectivity index (χ2v) is 13.4. The first-order valence-electron chi connectivity index (χ1n) is 16.3. The third-order valence-electron chi connectivity index (χ3n) is 9.33. The molecule has 1 unspecified atom stereocenters. The number of ether oxygens (including phenoxy) is 2. The van der Waals surface area contributed by atoms with E-state index >= 15 is 0 Å². The van der Waals surface area contributed by atoms with Gasteiger partial charge in [0.05, 0.1) is 42.9 Å². The third-order valence-corrected chi connectivity index (χ3v) is 10.0. The van der Waals surface area contributed by atoms with Gasteiger partial charge in [-0.2, -0.15) is 10.2 Å². The molecule has 1 fully saturated rings. The van der Waals surface area contributed by atoms with Crippen LogP contribution in [0.3, 0.4) is 0 Å². The summed E-state index contributed by atoms with van der Waals surface area (Å²) in [5.74, 6) is 1.02. The Morgan fingerprint density at radius 2 is 1.90 bits per heavy atom. The van der Waals surface area contributed by atoms with Gasteiger partial charge in [0, 0.05) is 42.5 Å². The predicted octanol–water partition coefficient (Wildman–Crippen LogP) is 5.50. The lowest BCUT2D eigenvalue weighted by molar-refractivity contribution is 0.0805. The van der Waals surface area contributed by atoms with Crippen LogP contribution in [-0.2, 0) is 19.5 Å². The van der Waals surface area contributed by atoms with Crippen molar-refractivity contribution >= 4 is 34.2 Å². The van der Waals surface area contributed by atoms with Crippen LogP contribution in [0.15, 0.2) is 63.9 Å². The van der Waals surface area contributed by atoms with E-state index in [1.165, 1.54) is 10.8 Å². The van der Waals surface area contributed by atoms with Crippen LogP contribution in [0, 0.1) is 11.3 Å². The average Bonchev–Trinajstić information content (AvgIpc) is 3.86. The van der Waals surface area contributed by atoms with Crippen molar-refractivity contribution < 1.29 is 29.2 Å². The average molecular weight is 718 g/mol. The van der Waals surface area contributed by atoms with Gasteiger partial charge in [0.15, 0.2) is 5.58 Å². The number of nitrogens with zero attached hydrogens (tertiary/aromatic N) is 4. The zero-order valence-corrected chi connectivity index (χ0v) is 28.6. The van der Waals surface area contributed by atoms with Crippen LogP contribution in [0.25, 0.3) is 33.4 Å². The summed E-state index contributed by atoms with van der Waals surface area (Å²) >= 11 is 13.8. The summed E-state index contributed by atoms with van der Waals surface area (Å²) in [4.78, 5) is 20.0. The van der Waals surface area contributed by atoms with Crippen LogP contribution in [0.4, 0.5) is 0 Å². The number of halogens is 2. The smallest absolute Gasteiger partial charge is 0.261 e. The summed E-state index contributed by atoms with van der Waals surface area (Å²) in [6.45, 7) is 1.23. The number of pyridine rings is 2. The highest BCUT2D eigenvalue weighted by Crippen LogP contribution is 2.45. The first-order valence-corrected chi connectivity index (χ1v) is 17.0. The van der Waals surface area contributed by atoms with E-state index in [-0.39, 0.29) is 41.2 Å². The number of likely N-dealkylation sites (tertiary alicyclic amines) is 1. The molecular weight excluding hydrogens is 683 g/mol. The summed E-state index contributed by atoms with van der Waals surface area (Å²) in [5.41, 5.74) is 4.89. The number of hydrogen-bond donors (Lipinski definition) is 3. The molecule has 1 aliphatic carbocycles. The largest absolute Gasteiger partial charge is 0.481 e. The fraction of sp³-hybridized carbons (Fsp3) is 0.324. The van der Waals surface area contributed by atoms with Crippen LogP contribution in [0.5, 0.6) is 11.8 Å². The van der Waals surface area contributed by atoms with Crippen LogP contribution in [0.2, 0.25) is 10.0 Å². The van der Waals surface area contributed by atoms with Crippen molar-refractivity contribution in [1.29, 1.82) is 5.26 Å². The molecule has 0 radical (unpaired) electrons. The van der Waals surface area contributed by atoms with E-state index < -0.39 is 18.3 Å². The second kappa shape index (κ2) is 14.1. The summed E-state index contributed by atoms with van der Waals surface area (Å²) < 4.78 is 19.3. The van der Waals surface area contributed by atoms with E-state index in [4.69, 9.17) is 37.1 Å². The lowest BCUT2D eigenvalue weighted by atomic mass is 9.95. The quantitative estimate of drug-likeness (QED) is 0.169. The lowest BCUT2D eigenvalue weighted by Crippen LogP contribution is -2.28. The first-order chi connectivity index (χ1) is 24.2. The number of aromatic nitrogens is 2. The second-order valence-electron chi connectivity index (χ2n) is 12.6. The Morgan fingerprint density at radius 1 is 1.12 bits per heavy atom. The number of nitriles is 1. The molecule has 2 aromatic carbocycles. The Kier molecular flexibility index (Phi) is 9.59. The number of rotatable bonds is 10. The fourth-order valence-electron chi connectivity index (χ4n) is 6.93. The van der Waals surface area contributed by atoms with Gasteiger partial charge in [-0.3, -0.25) is 9.69 Å². The van der Waals surface area contributed by atoms with Gasteiger partial charge in [0.1, 0.15) is 28.5 Å². The van der Waals surface area contributed by atoms with Crippen LogP contribution in [0.1, 0.15) is 41.2 Å². The zero-order valence-electron chi connectivity index (χ0n) is 27.1. The topological polar surface area (TPSA) is 154 Å². The van der Waals surface area contributed by atoms with Crippen LogP contribution >= 0.6 is 23.2 Å².